The van der Waals surface area contributed by atoms with Crippen LogP contribution in [0.25, 0.3) is 11.0 Å². The van der Waals surface area contributed by atoms with E-state index in [9.17, 15) is 14.4 Å². The lowest BCUT2D eigenvalue weighted by Gasteiger charge is -2.11. The van der Waals surface area contributed by atoms with E-state index in [1.54, 1.807) is 48.7 Å². The number of thioether (sulfide) groups is 1. The first-order valence-electron chi connectivity index (χ1n) is 9.57. The number of hydrogen-bond acceptors (Lipinski definition) is 6. The number of H-pyrrole nitrogens is 1. The quantitative estimate of drug-likeness (QED) is 0.260. The number of carbonyl (C=O) groups excluding carboxylic acids is 2. The van der Waals surface area contributed by atoms with Gasteiger partial charge >= 0.3 is 0 Å². The average molecular weight is 436 g/mol. The van der Waals surface area contributed by atoms with E-state index in [1.165, 1.54) is 23.3 Å². The lowest BCUT2D eigenvalue weighted by Crippen LogP contribution is -2.24. The zero-order valence-corrected chi connectivity index (χ0v) is 17.8. The van der Waals surface area contributed by atoms with Gasteiger partial charge in [-0.15, -0.1) is 0 Å². The molecular formula is C22H20N4O4S. The number of hydrogen-bond donors (Lipinski definition) is 2. The maximum atomic E-state index is 13.0. The number of rotatable bonds is 7. The summed E-state index contributed by atoms with van der Waals surface area (Å²) in [6, 6.07) is 12.0. The fourth-order valence-corrected chi connectivity index (χ4v) is 3.93. The number of aryl methyl sites for hydroxylation is 1. The van der Waals surface area contributed by atoms with Crippen LogP contribution < -0.4 is 10.9 Å². The van der Waals surface area contributed by atoms with Crippen molar-refractivity contribution in [3.8, 4) is 0 Å². The molecule has 2 N–H and O–H groups in total. The SMILES string of the molecule is CC(=O)c1ccc(NC(=O)CSc2nc3cc(C)[nH]c3c(=O)n2Cc2ccco2)cc1. The van der Waals surface area contributed by atoms with Crippen molar-refractivity contribution in [2.24, 2.45) is 0 Å². The third-order valence-electron chi connectivity index (χ3n) is 4.64. The van der Waals surface area contributed by atoms with Crippen LogP contribution in [0.5, 0.6) is 0 Å². The molecule has 0 aliphatic heterocycles. The number of Topliss-reactive ketones (excluding diaryl/α,β-unsaturated/α-hetero) is 1. The van der Waals surface area contributed by atoms with Crippen molar-refractivity contribution >= 4 is 40.2 Å². The van der Waals surface area contributed by atoms with E-state index in [-0.39, 0.29) is 29.5 Å². The van der Waals surface area contributed by atoms with E-state index >= 15 is 0 Å². The molecule has 158 valence electrons. The first kappa shape index (κ1) is 20.7. The molecule has 3 heterocycles. The molecule has 0 bridgehead atoms. The number of nitrogens with zero attached hydrogens (tertiary/aromatic N) is 2. The summed E-state index contributed by atoms with van der Waals surface area (Å²) in [4.78, 5) is 44.5. The number of furan rings is 1. The molecule has 0 radical (unpaired) electrons. The Bertz CT molecular complexity index is 1300. The molecule has 0 saturated carbocycles. The van der Waals surface area contributed by atoms with Crippen LogP contribution in [0.1, 0.15) is 28.7 Å². The summed E-state index contributed by atoms with van der Waals surface area (Å²) >= 11 is 1.17. The molecule has 3 aromatic heterocycles. The molecule has 0 aliphatic carbocycles. The molecule has 4 aromatic rings. The molecule has 0 atom stereocenters. The van der Waals surface area contributed by atoms with Crippen molar-refractivity contribution in [3.05, 3.63) is 76.1 Å². The van der Waals surface area contributed by atoms with E-state index in [0.29, 0.717) is 33.2 Å². The molecule has 8 nitrogen and oxygen atoms in total. The summed E-state index contributed by atoms with van der Waals surface area (Å²) < 4.78 is 6.88. The van der Waals surface area contributed by atoms with Crippen LogP contribution in [-0.4, -0.2) is 32.0 Å². The number of ketones is 1. The van der Waals surface area contributed by atoms with Gasteiger partial charge in [-0.1, -0.05) is 11.8 Å². The van der Waals surface area contributed by atoms with Gasteiger partial charge in [-0.25, -0.2) is 4.98 Å². The standard InChI is InChI=1S/C22H20N4O4S/c1-13-10-18-20(23-13)21(29)26(11-17-4-3-9-30-17)22(25-18)31-12-19(28)24-16-7-5-15(6-8-16)14(2)27/h3-10,23H,11-12H2,1-2H3,(H,24,28). The highest BCUT2D eigenvalue weighted by Gasteiger charge is 2.16. The monoisotopic (exact) mass is 436 g/mol. The van der Waals surface area contributed by atoms with E-state index in [0.717, 1.165) is 5.69 Å². The smallest absolute Gasteiger partial charge is 0.278 e. The van der Waals surface area contributed by atoms with Crippen LogP contribution >= 0.6 is 11.8 Å². The molecule has 0 saturated heterocycles. The highest BCUT2D eigenvalue weighted by Crippen LogP contribution is 2.20. The number of amides is 1. The Morgan fingerprint density at radius 3 is 2.68 bits per heavy atom. The van der Waals surface area contributed by atoms with Gasteiger partial charge in [0.05, 0.1) is 24.1 Å². The van der Waals surface area contributed by atoms with E-state index in [2.05, 4.69) is 15.3 Å². The number of nitrogens with one attached hydrogen (secondary N) is 2. The normalized spacial score (nSPS) is 11.0. The molecular weight excluding hydrogens is 416 g/mol. The second-order valence-electron chi connectivity index (χ2n) is 7.05. The lowest BCUT2D eigenvalue weighted by atomic mass is 10.1. The topological polar surface area (TPSA) is 110 Å². The molecule has 0 aliphatic rings. The molecule has 0 fully saturated rings. The van der Waals surface area contributed by atoms with Gasteiger partial charge in [-0.2, -0.15) is 0 Å². The predicted molar refractivity (Wildman–Crippen MR) is 119 cm³/mol. The van der Waals surface area contributed by atoms with E-state index in [1.807, 2.05) is 6.92 Å². The van der Waals surface area contributed by atoms with E-state index in [4.69, 9.17) is 4.42 Å². The number of fused-ring (bicyclic) bond motifs is 1. The second-order valence-corrected chi connectivity index (χ2v) is 7.99. The third kappa shape index (κ3) is 4.61. The Morgan fingerprint density at radius 1 is 1.23 bits per heavy atom. The van der Waals surface area contributed by atoms with Crippen LogP contribution in [0.4, 0.5) is 5.69 Å². The summed E-state index contributed by atoms with van der Waals surface area (Å²) in [6.07, 6.45) is 1.54. The van der Waals surface area contributed by atoms with Crippen LogP contribution in [0.15, 0.2) is 63.1 Å². The zero-order valence-electron chi connectivity index (χ0n) is 17.0. The lowest BCUT2D eigenvalue weighted by molar-refractivity contribution is -0.113. The van der Waals surface area contributed by atoms with Gasteiger partial charge in [0, 0.05) is 16.9 Å². The first-order chi connectivity index (χ1) is 14.9. The number of aromatic nitrogens is 3. The number of carbonyl (C=O) groups is 2. The molecule has 31 heavy (non-hydrogen) atoms. The van der Waals surface area contributed by atoms with Crippen LogP contribution in [-0.2, 0) is 11.3 Å². The Labute approximate surface area is 181 Å². The molecule has 0 unspecified atom stereocenters. The minimum atomic E-state index is -0.246. The highest BCUT2D eigenvalue weighted by atomic mass is 32.2. The van der Waals surface area contributed by atoms with Crippen molar-refractivity contribution in [1.29, 1.82) is 0 Å². The molecule has 9 heteroatoms. The average Bonchev–Trinajstić information content (AvgIpc) is 3.38. The zero-order chi connectivity index (χ0) is 22.0. The second kappa shape index (κ2) is 8.65. The maximum absolute atomic E-state index is 13.0. The minimum absolute atomic E-state index is 0.0376. The number of anilines is 1. The van der Waals surface area contributed by atoms with Crippen LogP contribution in [0, 0.1) is 6.92 Å². The van der Waals surface area contributed by atoms with Crippen LogP contribution in [0.3, 0.4) is 0 Å². The summed E-state index contributed by atoms with van der Waals surface area (Å²) in [6.45, 7) is 3.56. The summed E-state index contributed by atoms with van der Waals surface area (Å²) in [7, 11) is 0. The van der Waals surface area contributed by atoms with Crippen molar-refractivity contribution in [1.82, 2.24) is 14.5 Å². The molecule has 1 aromatic carbocycles. The third-order valence-corrected chi connectivity index (χ3v) is 5.62. The van der Waals surface area contributed by atoms with Gasteiger partial charge in [0.15, 0.2) is 10.9 Å². The van der Waals surface area contributed by atoms with Crippen molar-refractivity contribution in [2.45, 2.75) is 25.5 Å². The van der Waals surface area contributed by atoms with E-state index < -0.39 is 0 Å². The van der Waals surface area contributed by atoms with Gasteiger partial charge in [-0.05, 0) is 56.3 Å². The van der Waals surface area contributed by atoms with Crippen LogP contribution in [0.2, 0.25) is 0 Å². The van der Waals surface area contributed by atoms with Crippen molar-refractivity contribution in [3.63, 3.8) is 0 Å². The summed E-state index contributed by atoms with van der Waals surface area (Å²) in [5.74, 6) is 0.395. The van der Waals surface area contributed by atoms with Gasteiger partial charge in [0.25, 0.3) is 5.56 Å². The Hall–Kier alpha value is -3.59. The largest absolute Gasteiger partial charge is 0.467 e. The molecule has 4 rings (SSSR count). The fraction of sp³-hybridized carbons (Fsp3) is 0.182. The molecule has 0 spiro atoms. The molecule has 1 amide bonds. The highest BCUT2D eigenvalue weighted by molar-refractivity contribution is 7.99. The van der Waals surface area contributed by atoms with Gasteiger partial charge in [-0.3, -0.25) is 19.0 Å². The Morgan fingerprint density at radius 2 is 2.00 bits per heavy atom. The van der Waals surface area contributed by atoms with Crippen molar-refractivity contribution in [2.75, 3.05) is 11.1 Å². The maximum Gasteiger partial charge on any atom is 0.278 e. The summed E-state index contributed by atoms with van der Waals surface area (Å²) in [5, 5.41) is 3.21. The predicted octanol–water partition coefficient (Wildman–Crippen LogP) is 3.61. The Kier molecular flexibility index (Phi) is 5.77. The number of benzene rings is 1. The fourth-order valence-electron chi connectivity index (χ4n) is 3.13. The Balaban J connectivity index is 1.54. The minimum Gasteiger partial charge on any atom is -0.467 e. The van der Waals surface area contributed by atoms with Gasteiger partial charge < -0.3 is 14.7 Å². The summed E-state index contributed by atoms with van der Waals surface area (Å²) in [5.41, 5.74) is 2.75. The van der Waals surface area contributed by atoms with Gasteiger partial charge in [0.2, 0.25) is 5.91 Å². The first-order valence-corrected chi connectivity index (χ1v) is 10.6. The van der Waals surface area contributed by atoms with Crippen molar-refractivity contribution < 1.29 is 14.0 Å². The number of aromatic amines is 1. The van der Waals surface area contributed by atoms with Gasteiger partial charge in [0.1, 0.15) is 11.3 Å².